The smallest absolute Gasteiger partial charge is 0.129 e. The molecule has 0 saturated carbocycles. The molecule has 0 spiro atoms. The van der Waals surface area contributed by atoms with Crippen LogP contribution in [0.2, 0.25) is 0 Å². The number of rotatable bonds is 3. The third-order valence-electron chi connectivity index (χ3n) is 4.14. The fraction of sp³-hybridized carbons (Fsp3) is 0.529. The first-order valence-electron chi connectivity index (χ1n) is 6.56. The summed E-state index contributed by atoms with van der Waals surface area (Å²) in [5.41, 5.74) is 2.65. The van der Waals surface area contributed by atoms with Crippen LogP contribution < -0.4 is 4.74 Å². The molecule has 0 aliphatic heterocycles. The van der Waals surface area contributed by atoms with Crippen LogP contribution in [0, 0.1) is 5.41 Å². The Balaban J connectivity index is 3.46. The highest BCUT2D eigenvalue weighted by atomic mass is 16.5. The van der Waals surface area contributed by atoms with Crippen molar-refractivity contribution in [3.8, 4) is 5.75 Å². The molecule has 100 valence electrons. The van der Waals surface area contributed by atoms with Gasteiger partial charge in [-0.3, -0.25) is 0 Å². The molecule has 18 heavy (non-hydrogen) atoms. The van der Waals surface area contributed by atoms with Gasteiger partial charge in [0, 0.05) is 11.1 Å². The van der Waals surface area contributed by atoms with Crippen LogP contribution in [0.3, 0.4) is 0 Å². The fourth-order valence-electron chi connectivity index (χ4n) is 1.99. The van der Waals surface area contributed by atoms with Crippen LogP contribution in [0.1, 0.15) is 52.7 Å². The second-order valence-corrected chi connectivity index (χ2v) is 6.30. The molecule has 1 aromatic rings. The lowest BCUT2D eigenvalue weighted by Gasteiger charge is -2.40. The topological polar surface area (TPSA) is 9.23 Å². The summed E-state index contributed by atoms with van der Waals surface area (Å²) in [4.78, 5) is 0. The highest BCUT2D eigenvalue weighted by Crippen LogP contribution is 2.45. The minimum absolute atomic E-state index is 0.0515. The Morgan fingerprint density at radius 1 is 1.06 bits per heavy atom. The van der Waals surface area contributed by atoms with Gasteiger partial charge in [-0.05, 0) is 17.8 Å². The second kappa shape index (κ2) is 5.17. The zero-order valence-corrected chi connectivity index (χ0v) is 12.8. The summed E-state index contributed by atoms with van der Waals surface area (Å²) in [6.45, 7) is 13.4. The fourth-order valence-corrected chi connectivity index (χ4v) is 1.99. The van der Waals surface area contributed by atoms with Crippen molar-refractivity contribution in [2.24, 2.45) is 5.41 Å². The van der Waals surface area contributed by atoms with E-state index in [1.54, 1.807) is 7.11 Å². The maximum Gasteiger partial charge on any atom is 0.129 e. The van der Waals surface area contributed by atoms with Gasteiger partial charge in [0.2, 0.25) is 0 Å². The molecule has 0 aliphatic carbocycles. The minimum atomic E-state index is 0.0515. The van der Waals surface area contributed by atoms with Gasteiger partial charge in [0.15, 0.2) is 0 Å². The van der Waals surface area contributed by atoms with Gasteiger partial charge in [-0.2, -0.15) is 0 Å². The molecule has 0 unspecified atom stereocenters. The maximum atomic E-state index is 5.66. The Morgan fingerprint density at radius 2 is 1.67 bits per heavy atom. The lowest BCUT2D eigenvalue weighted by molar-refractivity contribution is 0.218. The van der Waals surface area contributed by atoms with Crippen molar-refractivity contribution in [3.63, 3.8) is 0 Å². The largest absolute Gasteiger partial charge is 0.496 e. The second-order valence-electron chi connectivity index (χ2n) is 6.30. The Hall–Kier alpha value is -1.24. The van der Waals surface area contributed by atoms with Gasteiger partial charge in [0.05, 0.1) is 7.11 Å². The van der Waals surface area contributed by atoms with Crippen molar-refractivity contribution in [1.82, 2.24) is 0 Å². The quantitative estimate of drug-likeness (QED) is 0.725. The number of hydrogen-bond acceptors (Lipinski definition) is 1. The molecule has 0 atom stereocenters. The van der Waals surface area contributed by atoms with Crippen molar-refractivity contribution in [2.75, 3.05) is 7.11 Å². The molecule has 0 amide bonds. The SMILES string of the molecule is CC=Cc1cccc(C(C)(C)C(C)(C)C)c1OC. The van der Waals surface area contributed by atoms with Gasteiger partial charge in [0.25, 0.3) is 0 Å². The highest BCUT2D eigenvalue weighted by molar-refractivity contribution is 5.61. The Morgan fingerprint density at radius 3 is 2.11 bits per heavy atom. The van der Waals surface area contributed by atoms with E-state index in [1.165, 1.54) is 5.56 Å². The van der Waals surface area contributed by atoms with Crippen LogP contribution in [0.15, 0.2) is 24.3 Å². The van der Waals surface area contributed by atoms with Crippen LogP contribution in [0.5, 0.6) is 5.75 Å². The molecule has 0 fully saturated rings. The van der Waals surface area contributed by atoms with Gasteiger partial charge in [-0.15, -0.1) is 0 Å². The third kappa shape index (κ3) is 2.60. The monoisotopic (exact) mass is 246 g/mol. The van der Waals surface area contributed by atoms with Gasteiger partial charge in [-0.1, -0.05) is 65.0 Å². The van der Waals surface area contributed by atoms with E-state index in [-0.39, 0.29) is 10.8 Å². The summed E-state index contributed by atoms with van der Waals surface area (Å²) in [5.74, 6) is 0.996. The minimum Gasteiger partial charge on any atom is -0.496 e. The van der Waals surface area contributed by atoms with Crippen LogP contribution in [-0.4, -0.2) is 7.11 Å². The first-order chi connectivity index (χ1) is 8.25. The summed E-state index contributed by atoms with van der Waals surface area (Å²) >= 11 is 0. The molecular formula is C17H26O. The van der Waals surface area contributed by atoms with Crippen molar-refractivity contribution >= 4 is 6.08 Å². The van der Waals surface area contributed by atoms with Crippen molar-refractivity contribution in [1.29, 1.82) is 0 Å². The van der Waals surface area contributed by atoms with Gasteiger partial charge >= 0.3 is 0 Å². The summed E-state index contributed by atoms with van der Waals surface area (Å²) in [7, 11) is 1.75. The van der Waals surface area contributed by atoms with E-state index in [9.17, 15) is 0 Å². The Labute approximate surface area is 112 Å². The van der Waals surface area contributed by atoms with Crippen molar-refractivity contribution in [2.45, 2.75) is 47.0 Å². The number of hydrogen-bond donors (Lipinski definition) is 0. The summed E-state index contributed by atoms with van der Waals surface area (Å²) in [6, 6.07) is 6.39. The molecule has 0 heterocycles. The van der Waals surface area contributed by atoms with Gasteiger partial charge in [0.1, 0.15) is 5.75 Å². The summed E-state index contributed by atoms with van der Waals surface area (Å²) < 4.78 is 5.66. The van der Waals surface area contributed by atoms with E-state index >= 15 is 0 Å². The van der Waals surface area contributed by atoms with Crippen LogP contribution in [0.4, 0.5) is 0 Å². The van der Waals surface area contributed by atoms with Crippen molar-refractivity contribution in [3.05, 3.63) is 35.4 Å². The van der Waals surface area contributed by atoms with Crippen LogP contribution in [0.25, 0.3) is 6.08 Å². The predicted molar refractivity (Wildman–Crippen MR) is 80.2 cm³/mol. The number of allylic oxidation sites excluding steroid dienone is 1. The molecule has 0 aromatic heterocycles. The predicted octanol–water partition coefficient (Wildman–Crippen LogP) is 5.05. The molecule has 0 saturated heterocycles. The molecular weight excluding hydrogens is 220 g/mol. The van der Waals surface area contributed by atoms with Crippen LogP contribution in [-0.2, 0) is 5.41 Å². The van der Waals surface area contributed by atoms with Gasteiger partial charge < -0.3 is 4.74 Å². The normalized spacial score (nSPS) is 13.1. The van der Waals surface area contributed by atoms with Gasteiger partial charge in [-0.25, -0.2) is 0 Å². The van der Waals surface area contributed by atoms with E-state index in [2.05, 4.69) is 58.9 Å². The number of methoxy groups -OCH3 is 1. The lowest BCUT2D eigenvalue weighted by Crippen LogP contribution is -2.34. The highest BCUT2D eigenvalue weighted by Gasteiger charge is 2.36. The number of para-hydroxylation sites is 1. The standard InChI is InChI=1S/C17H26O/c1-8-10-13-11-9-12-14(15(13)18-7)17(5,6)16(2,3)4/h8-12H,1-7H3. The average molecular weight is 246 g/mol. The number of ether oxygens (including phenoxy) is 1. The molecule has 0 bridgehead atoms. The molecule has 0 aliphatic rings. The van der Waals surface area contributed by atoms with E-state index in [1.807, 2.05) is 13.0 Å². The van der Waals surface area contributed by atoms with Crippen LogP contribution >= 0.6 is 0 Å². The van der Waals surface area contributed by atoms with Crippen molar-refractivity contribution < 1.29 is 4.74 Å². The Bertz CT molecular complexity index is 433. The summed E-state index contributed by atoms with van der Waals surface area (Å²) in [6.07, 6.45) is 4.15. The molecule has 0 N–H and O–H groups in total. The molecule has 1 aromatic carbocycles. The zero-order valence-electron chi connectivity index (χ0n) is 12.8. The van der Waals surface area contributed by atoms with E-state index < -0.39 is 0 Å². The molecule has 1 heteroatoms. The zero-order chi connectivity index (χ0) is 14.0. The Kier molecular flexibility index (Phi) is 4.26. The first-order valence-corrected chi connectivity index (χ1v) is 6.56. The molecule has 1 rings (SSSR count). The van der Waals surface area contributed by atoms with E-state index in [0.29, 0.717) is 0 Å². The first kappa shape index (κ1) is 14.8. The third-order valence-corrected chi connectivity index (χ3v) is 4.14. The molecule has 1 nitrogen and oxygen atoms in total. The lowest BCUT2D eigenvalue weighted by atomic mass is 9.65. The summed E-state index contributed by atoms with van der Waals surface area (Å²) in [5, 5.41) is 0. The van der Waals surface area contributed by atoms with E-state index in [4.69, 9.17) is 4.74 Å². The van der Waals surface area contributed by atoms with E-state index in [0.717, 1.165) is 11.3 Å². The number of benzene rings is 1. The molecule has 0 radical (unpaired) electrons. The maximum absolute atomic E-state index is 5.66. The average Bonchev–Trinajstić information content (AvgIpc) is 2.27.